The molecule has 0 unspecified atom stereocenters. The van der Waals surface area contributed by atoms with Crippen LogP contribution < -0.4 is 10.0 Å². The number of methoxy groups -OCH3 is 1. The van der Waals surface area contributed by atoms with Gasteiger partial charge in [0, 0.05) is 7.05 Å². The topological polar surface area (TPSA) is 107 Å². The Morgan fingerprint density at radius 2 is 1.62 bits per heavy atom. The second-order valence-corrected chi connectivity index (χ2v) is 6.84. The lowest BCUT2D eigenvalue weighted by Crippen LogP contribution is -2.29. The summed E-state index contributed by atoms with van der Waals surface area (Å²) in [4.78, 5) is 22.9. The highest BCUT2D eigenvalue weighted by molar-refractivity contribution is 7.92. The molecule has 2 rings (SSSR count). The first-order chi connectivity index (χ1) is 11.3. The van der Waals surface area contributed by atoms with Gasteiger partial charge in [-0.15, -0.1) is 0 Å². The van der Waals surface area contributed by atoms with Gasteiger partial charge in [-0.1, -0.05) is 12.1 Å². The van der Waals surface area contributed by atoms with E-state index in [9.17, 15) is 18.0 Å². The summed E-state index contributed by atoms with van der Waals surface area (Å²) >= 11 is 0. The van der Waals surface area contributed by atoms with Crippen molar-refractivity contribution in [2.75, 3.05) is 18.5 Å². The van der Waals surface area contributed by atoms with Crippen molar-refractivity contribution in [1.29, 1.82) is 0 Å². The highest BCUT2D eigenvalue weighted by Gasteiger charge is 2.24. The monoisotopic (exact) mass is 348 g/mol. The van der Waals surface area contributed by atoms with Crippen molar-refractivity contribution in [3.05, 3.63) is 59.7 Å². The van der Waals surface area contributed by atoms with Gasteiger partial charge in [0.25, 0.3) is 15.9 Å². The van der Waals surface area contributed by atoms with Crippen LogP contribution in [0.25, 0.3) is 0 Å². The van der Waals surface area contributed by atoms with Crippen LogP contribution in [0.4, 0.5) is 5.69 Å². The number of anilines is 1. The SMILES string of the molecule is COC(=O)c1ccc(S(=O)(=O)N(C)c2ccccc2C(N)=O)cc1. The van der Waals surface area contributed by atoms with E-state index in [0.29, 0.717) is 0 Å². The Morgan fingerprint density at radius 1 is 1.04 bits per heavy atom. The highest BCUT2D eigenvalue weighted by atomic mass is 32.2. The zero-order chi connectivity index (χ0) is 17.9. The normalized spacial score (nSPS) is 10.9. The Labute approximate surface area is 139 Å². The molecule has 7 nitrogen and oxygen atoms in total. The molecule has 0 bridgehead atoms. The Hall–Kier alpha value is -2.87. The number of esters is 1. The van der Waals surface area contributed by atoms with Crippen molar-refractivity contribution in [2.45, 2.75) is 4.90 Å². The minimum absolute atomic E-state index is 0.0306. The number of sulfonamides is 1. The molecule has 0 aromatic heterocycles. The molecule has 24 heavy (non-hydrogen) atoms. The number of para-hydroxylation sites is 1. The molecule has 0 saturated carbocycles. The third kappa shape index (κ3) is 3.23. The minimum Gasteiger partial charge on any atom is -0.465 e. The van der Waals surface area contributed by atoms with Crippen molar-refractivity contribution >= 4 is 27.6 Å². The summed E-state index contributed by atoms with van der Waals surface area (Å²) in [6, 6.07) is 11.4. The number of hydrogen-bond donors (Lipinski definition) is 1. The fourth-order valence-corrected chi connectivity index (χ4v) is 3.34. The van der Waals surface area contributed by atoms with Gasteiger partial charge in [-0.2, -0.15) is 0 Å². The summed E-state index contributed by atoms with van der Waals surface area (Å²) < 4.78 is 31.0. The first-order valence-corrected chi connectivity index (χ1v) is 8.29. The second kappa shape index (κ2) is 6.71. The summed E-state index contributed by atoms with van der Waals surface area (Å²) in [5, 5.41) is 0. The maximum Gasteiger partial charge on any atom is 0.337 e. The average molecular weight is 348 g/mol. The number of ether oxygens (including phenoxy) is 1. The predicted molar refractivity (Wildman–Crippen MR) is 88.3 cm³/mol. The lowest BCUT2D eigenvalue weighted by atomic mass is 10.2. The van der Waals surface area contributed by atoms with E-state index in [1.165, 1.54) is 50.6 Å². The second-order valence-electron chi connectivity index (χ2n) is 4.87. The molecule has 0 heterocycles. The number of carbonyl (C=O) groups excluding carboxylic acids is 2. The van der Waals surface area contributed by atoms with Gasteiger partial charge in [0.05, 0.1) is 28.8 Å². The molecule has 0 aliphatic carbocycles. The summed E-state index contributed by atoms with van der Waals surface area (Å²) in [6.07, 6.45) is 0. The smallest absolute Gasteiger partial charge is 0.337 e. The number of carbonyl (C=O) groups is 2. The van der Waals surface area contributed by atoms with Crippen LogP contribution in [0, 0.1) is 0 Å². The number of primary amides is 1. The van der Waals surface area contributed by atoms with E-state index in [1.807, 2.05) is 0 Å². The van der Waals surface area contributed by atoms with Crippen LogP contribution in [0.3, 0.4) is 0 Å². The fourth-order valence-electron chi connectivity index (χ4n) is 2.13. The van der Waals surface area contributed by atoms with Crippen LogP contribution in [0.15, 0.2) is 53.4 Å². The molecular formula is C16H16N2O5S. The van der Waals surface area contributed by atoms with Crippen LogP contribution in [0.1, 0.15) is 20.7 Å². The molecule has 2 aromatic rings. The van der Waals surface area contributed by atoms with Gasteiger partial charge in [-0.25, -0.2) is 13.2 Å². The predicted octanol–water partition coefficient (Wildman–Crippen LogP) is 1.40. The van der Waals surface area contributed by atoms with Crippen LogP contribution in [0.5, 0.6) is 0 Å². The quantitative estimate of drug-likeness (QED) is 0.822. The fraction of sp³-hybridized carbons (Fsp3) is 0.125. The number of nitrogens with zero attached hydrogens (tertiary/aromatic N) is 1. The molecule has 0 aliphatic rings. The number of benzene rings is 2. The summed E-state index contributed by atoms with van der Waals surface area (Å²) in [7, 11) is -1.36. The highest BCUT2D eigenvalue weighted by Crippen LogP contribution is 2.25. The van der Waals surface area contributed by atoms with Crippen LogP contribution >= 0.6 is 0 Å². The van der Waals surface area contributed by atoms with Gasteiger partial charge in [-0.3, -0.25) is 9.10 Å². The van der Waals surface area contributed by atoms with Gasteiger partial charge in [-0.05, 0) is 36.4 Å². The van der Waals surface area contributed by atoms with E-state index < -0.39 is 21.9 Å². The Bertz CT molecular complexity index is 876. The lowest BCUT2D eigenvalue weighted by molar-refractivity contribution is 0.0600. The molecule has 0 saturated heterocycles. The van der Waals surface area contributed by atoms with Crippen molar-refractivity contribution in [3.8, 4) is 0 Å². The summed E-state index contributed by atoms with van der Waals surface area (Å²) in [5.74, 6) is -1.29. The van der Waals surface area contributed by atoms with E-state index >= 15 is 0 Å². The van der Waals surface area contributed by atoms with Gasteiger partial charge in [0.1, 0.15) is 0 Å². The average Bonchev–Trinajstić information content (AvgIpc) is 2.60. The van der Waals surface area contributed by atoms with Gasteiger partial charge in [0.2, 0.25) is 0 Å². The Morgan fingerprint density at radius 3 is 2.17 bits per heavy atom. The van der Waals surface area contributed by atoms with E-state index in [4.69, 9.17) is 5.73 Å². The van der Waals surface area contributed by atoms with Gasteiger partial charge >= 0.3 is 5.97 Å². The number of amides is 1. The standard InChI is InChI=1S/C16H16N2O5S/c1-18(14-6-4-3-5-13(14)15(17)19)24(21,22)12-9-7-11(8-10-12)16(20)23-2/h3-10H,1-2H3,(H2,17,19). The zero-order valence-electron chi connectivity index (χ0n) is 13.1. The van der Waals surface area contributed by atoms with E-state index in [1.54, 1.807) is 12.1 Å². The van der Waals surface area contributed by atoms with Crippen molar-refractivity contribution in [1.82, 2.24) is 0 Å². The molecule has 0 aliphatic heterocycles. The van der Waals surface area contributed by atoms with Crippen LogP contribution in [0.2, 0.25) is 0 Å². The molecule has 8 heteroatoms. The zero-order valence-corrected chi connectivity index (χ0v) is 13.9. The Balaban J connectivity index is 2.44. The van der Waals surface area contributed by atoms with E-state index in [-0.39, 0.29) is 21.7 Å². The number of rotatable bonds is 5. The first-order valence-electron chi connectivity index (χ1n) is 6.85. The van der Waals surface area contributed by atoms with Gasteiger partial charge in [0.15, 0.2) is 0 Å². The molecule has 0 radical (unpaired) electrons. The van der Waals surface area contributed by atoms with E-state index in [0.717, 1.165) is 4.31 Å². The minimum atomic E-state index is -3.92. The van der Waals surface area contributed by atoms with Crippen molar-refractivity contribution in [2.24, 2.45) is 5.73 Å². The van der Waals surface area contributed by atoms with Crippen molar-refractivity contribution < 1.29 is 22.7 Å². The largest absolute Gasteiger partial charge is 0.465 e. The maximum atomic E-state index is 12.7. The maximum absolute atomic E-state index is 12.7. The first kappa shape index (κ1) is 17.5. The lowest BCUT2D eigenvalue weighted by Gasteiger charge is -2.21. The van der Waals surface area contributed by atoms with E-state index in [2.05, 4.69) is 4.74 Å². The molecule has 126 valence electrons. The van der Waals surface area contributed by atoms with Gasteiger partial charge < -0.3 is 10.5 Å². The van der Waals surface area contributed by atoms with Crippen molar-refractivity contribution in [3.63, 3.8) is 0 Å². The summed E-state index contributed by atoms with van der Waals surface area (Å²) in [5.41, 5.74) is 5.78. The third-order valence-electron chi connectivity index (χ3n) is 3.44. The molecule has 0 spiro atoms. The molecule has 2 N–H and O–H groups in total. The summed E-state index contributed by atoms with van der Waals surface area (Å²) in [6.45, 7) is 0. The molecule has 1 amide bonds. The van der Waals surface area contributed by atoms with Crippen LogP contribution in [-0.4, -0.2) is 34.5 Å². The molecular weight excluding hydrogens is 332 g/mol. The molecule has 2 aromatic carbocycles. The number of nitrogens with two attached hydrogens (primary N) is 1. The Kier molecular flexibility index (Phi) is 4.89. The third-order valence-corrected chi connectivity index (χ3v) is 5.23. The molecule has 0 atom stereocenters. The number of hydrogen-bond acceptors (Lipinski definition) is 5. The molecule has 0 fully saturated rings. The van der Waals surface area contributed by atoms with Crippen LogP contribution in [-0.2, 0) is 14.8 Å².